The summed E-state index contributed by atoms with van der Waals surface area (Å²) in [5, 5.41) is 3.09. The molecule has 0 radical (unpaired) electrons. The number of rotatable bonds is 3. The second-order valence-electron chi connectivity index (χ2n) is 6.19. The Balaban J connectivity index is 1.66. The molecule has 0 saturated heterocycles. The van der Waals surface area contributed by atoms with Gasteiger partial charge in [-0.15, -0.1) is 0 Å². The summed E-state index contributed by atoms with van der Waals surface area (Å²) in [4.78, 5) is 19.4. The smallest absolute Gasteiger partial charge is 0.251 e. The number of benzene rings is 1. The first-order chi connectivity index (χ1) is 9.66. The van der Waals surface area contributed by atoms with Gasteiger partial charge in [0.25, 0.3) is 5.91 Å². The lowest BCUT2D eigenvalue weighted by Gasteiger charge is -2.33. The zero-order chi connectivity index (χ0) is 14.0. The van der Waals surface area contributed by atoms with Crippen LogP contribution < -0.4 is 5.32 Å². The standard InChI is InChI=1S/C16H21N3O/c1-16(7-3-2-4-8-16)10-17-15(20)12-5-6-13-14(9-12)19-11-18-13/h5-6,9,11H,2-4,7-8,10H2,1H3,(H,17,20)(H,18,19). The Labute approximate surface area is 119 Å². The van der Waals surface area contributed by atoms with E-state index >= 15 is 0 Å². The summed E-state index contributed by atoms with van der Waals surface area (Å²) in [5.74, 6) is 0.00768. The van der Waals surface area contributed by atoms with Crippen molar-refractivity contribution >= 4 is 16.9 Å². The molecule has 106 valence electrons. The molecule has 4 heteroatoms. The molecule has 1 aliphatic rings. The third kappa shape index (κ3) is 2.69. The summed E-state index contributed by atoms with van der Waals surface area (Å²) in [7, 11) is 0. The Bertz CT molecular complexity index is 611. The van der Waals surface area contributed by atoms with E-state index in [1.807, 2.05) is 18.2 Å². The lowest BCUT2D eigenvalue weighted by atomic mass is 9.76. The number of H-pyrrole nitrogens is 1. The summed E-state index contributed by atoms with van der Waals surface area (Å²) in [6.07, 6.45) is 7.98. The number of hydrogen-bond acceptors (Lipinski definition) is 2. The van der Waals surface area contributed by atoms with Crippen molar-refractivity contribution < 1.29 is 4.79 Å². The molecule has 3 rings (SSSR count). The van der Waals surface area contributed by atoms with Gasteiger partial charge in [-0.2, -0.15) is 0 Å². The molecule has 1 saturated carbocycles. The molecule has 1 fully saturated rings. The Kier molecular flexibility index (Phi) is 3.47. The van der Waals surface area contributed by atoms with Gasteiger partial charge in [-0.1, -0.05) is 26.2 Å². The van der Waals surface area contributed by atoms with E-state index in [2.05, 4.69) is 22.2 Å². The van der Waals surface area contributed by atoms with Crippen LogP contribution in [0.25, 0.3) is 11.0 Å². The molecule has 0 bridgehead atoms. The summed E-state index contributed by atoms with van der Waals surface area (Å²) in [6, 6.07) is 5.58. The van der Waals surface area contributed by atoms with Crippen LogP contribution >= 0.6 is 0 Å². The van der Waals surface area contributed by atoms with Gasteiger partial charge in [0.15, 0.2) is 0 Å². The largest absolute Gasteiger partial charge is 0.351 e. The number of aromatic amines is 1. The molecule has 4 nitrogen and oxygen atoms in total. The van der Waals surface area contributed by atoms with Crippen LogP contribution in [0, 0.1) is 5.41 Å². The van der Waals surface area contributed by atoms with Gasteiger partial charge in [0.2, 0.25) is 0 Å². The highest BCUT2D eigenvalue weighted by Crippen LogP contribution is 2.34. The van der Waals surface area contributed by atoms with E-state index in [0.29, 0.717) is 5.56 Å². The predicted molar refractivity (Wildman–Crippen MR) is 79.6 cm³/mol. The van der Waals surface area contributed by atoms with Crippen molar-refractivity contribution in [3.8, 4) is 0 Å². The highest BCUT2D eigenvalue weighted by Gasteiger charge is 2.27. The molecule has 2 N–H and O–H groups in total. The molecular formula is C16H21N3O. The van der Waals surface area contributed by atoms with Gasteiger partial charge in [0.05, 0.1) is 17.4 Å². The van der Waals surface area contributed by atoms with E-state index in [9.17, 15) is 4.79 Å². The number of fused-ring (bicyclic) bond motifs is 1. The zero-order valence-electron chi connectivity index (χ0n) is 11.9. The van der Waals surface area contributed by atoms with Crippen LogP contribution in [0.15, 0.2) is 24.5 Å². The molecule has 1 heterocycles. The molecule has 20 heavy (non-hydrogen) atoms. The maximum absolute atomic E-state index is 12.2. The Morgan fingerprint density at radius 1 is 1.35 bits per heavy atom. The van der Waals surface area contributed by atoms with E-state index < -0.39 is 0 Å². The minimum Gasteiger partial charge on any atom is -0.351 e. The van der Waals surface area contributed by atoms with Gasteiger partial charge in [0, 0.05) is 12.1 Å². The normalized spacial score (nSPS) is 18.1. The number of carbonyl (C=O) groups is 1. The van der Waals surface area contributed by atoms with Crippen molar-refractivity contribution in [2.45, 2.75) is 39.0 Å². The second-order valence-corrected chi connectivity index (χ2v) is 6.19. The van der Waals surface area contributed by atoms with Crippen LogP contribution in [-0.4, -0.2) is 22.4 Å². The van der Waals surface area contributed by atoms with Gasteiger partial charge in [-0.3, -0.25) is 4.79 Å². The lowest BCUT2D eigenvalue weighted by Crippen LogP contribution is -2.37. The van der Waals surface area contributed by atoms with Crippen LogP contribution in [-0.2, 0) is 0 Å². The molecule has 1 aromatic heterocycles. The first-order valence-corrected chi connectivity index (χ1v) is 7.38. The molecule has 1 aliphatic carbocycles. The highest BCUT2D eigenvalue weighted by molar-refractivity contribution is 5.97. The second kappa shape index (κ2) is 5.27. The Morgan fingerprint density at radius 2 is 2.15 bits per heavy atom. The Morgan fingerprint density at radius 3 is 2.95 bits per heavy atom. The molecule has 2 aromatic rings. The van der Waals surface area contributed by atoms with E-state index in [-0.39, 0.29) is 11.3 Å². The highest BCUT2D eigenvalue weighted by atomic mass is 16.1. The maximum atomic E-state index is 12.2. The summed E-state index contributed by atoms with van der Waals surface area (Å²) >= 11 is 0. The van der Waals surface area contributed by atoms with Crippen LogP contribution in [0.5, 0.6) is 0 Å². The van der Waals surface area contributed by atoms with Crippen molar-refractivity contribution in [2.75, 3.05) is 6.54 Å². The van der Waals surface area contributed by atoms with Crippen molar-refractivity contribution in [2.24, 2.45) is 5.41 Å². The fourth-order valence-corrected chi connectivity index (χ4v) is 3.05. The van der Waals surface area contributed by atoms with Crippen molar-refractivity contribution in [1.82, 2.24) is 15.3 Å². The number of nitrogens with zero attached hydrogens (tertiary/aromatic N) is 1. The number of nitrogens with one attached hydrogen (secondary N) is 2. The minimum atomic E-state index is 0.00768. The van der Waals surface area contributed by atoms with Gasteiger partial charge in [-0.25, -0.2) is 4.98 Å². The van der Waals surface area contributed by atoms with Crippen molar-refractivity contribution in [3.05, 3.63) is 30.1 Å². The maximum Gasteiger partial charge on any atom is 0.251 e. The number of aromatic nitrogens is 2. The van der Waals surface area contributed by atoms with E-state index in [1.165, 1.54) is 32.1 Å². The van der Waals surface area contributed by atoms with Crippen LogP contribution in [0.1, 0.15) is 49.4 Å². The van der Waals surface area contributed by atoms with Crippen LogP contribution in [0.2, 0.25) is 0 Å². The van der Waals surface area contributed by atoms with Crippen molar-refractivity contribution in [3.63, 3.8) is 0 Å². The van der Waals surface area contributed by atoms with Gasteiger partial charge >= 0.3 is 0 Å². The molecule has 0 spiro atoms. The number of carbonyl (C=O) groups excluding carboxylic acids is 1. The third-order valence-corrected chi connectivity index (χ3v) is 4.42. The van der Waals surface area contributed by atoms with Crippen LogP contribution in [0.4, 0.5) is 0 Å². The quantitative estimate of drug-likeness (QED) is 0.900. The average molecular weight is 271 g/mol. The SMILES string of the molecule is CC1(CNC(=O)c2ccc3nc[nH]c3c2)CCCCC1. The summed E-state index contributed by atoms with van der Waals surface area (Å²) in [6.45, 7) is 3.05. The first kappa shape index (κ1) is 13.2. The molecule has 1 amide bonds. The Hall–Kier alpha value is -1.84. The van der Waals surface area contributed by atoms with Gasteiger partial charge < -0.3 is 10.3 Å². The van der Waals surface area contributed by atoms with Gasteiger partial charge in [0.1, 0.15) is 0 Å². The lowest BCUT2D eigenvalue weighted by molar-refractivity contribution is 0.0919. The number of imidazole rings is 1. The van der Waals surface area contributed by atoms with Crippen LogP contribution in [0.3, 0.4) is 0 Å². The third-order valence-electron chi connectivity index (χ3n) is 4.42. The summed E-state index contributed by atoms with van der Waals surface area (Å²) in [5.41, 5.74) is 2.76. The van der Waals surface area contributed by atoms with E-state index in [4.69, 9.17) is 0 Å². The monoisotopic (exact) mass is 271 g/mol. The van der Waals surface area contributed by atoms with E-state index in [0.717, 1.165) is 17.6 Å². The average Bonchev–Trinajstić information content (AvgIpc) is 2.93. The minimum absolute atomic E-state index is 0.00768. The van der Waals surface area contributed by atoms with Crippen molar-refractivity contribution in [1.29, 1.82) is 0 Å². The number of hydrogen-bond donors (Lipinski definition) is 2. The molecule has 0 aliphatic heterocycles. The number of amides is 1. The zero-order valence-corrected chi connectivity index (χ0v) is 11.9. The molecular weight excluding hydrogens is 250 g/mol. The molecule has 0 atom stereocenters. The topological polar surface area (TPSA) is 57.8 Å². The summed E-state index contributed by atoms with van der Waals surface area (Å²) < 4.78 is 0. The molecule has 0 unspecified atom stereocenters. The fraction of sp³-hybridized carbons (Fsp3) is 0.500. The first-order valence-electron chi connectivity index (χ1n) is 7.38. The van der Waals surface area contributed by atoms with E-state index in [1.54, 1.807) is 6.33 Å². The van der Waals surface area contributed by atoms with Gasteiger partial charge in [-0.05, 0) is 36.5 Å². The fourth-order valence-electron chi connectivity index (χ4n) is 3.05. The predicted octanol–water partition coefficient (Wildman–Crippen LogP) is 3.26. The molecule has 1 aromatic carbocycles.